The minimum absolute atomic E-state index is 0.123. The van der Waals surface area contributed by atoms with Gasteiger partial charge < -0.3 is 10.2 Å². The molecular formula is C15H21FN2O. The number of urea groups is 1. The molecule has 19 heavy (non-hydrogen) atoms. The zero-order valence-electron chi connectivity index (χ0n) is 11.5. The summed E-state index contributed by atoms with van der Waals surface area (Å²) in [7, 11) is 1.71. The van der Waals surface area contributed by atoms with Crippen molar-refractivity contribution in [3.8, 4) is 0 Å². The minimum Gasteiger partial charge on any atom is -0.335 e. The molecule has 1 unspecified atom stereocenters. The molecule has 0 aliphatic heterocycles. The van der Waals surface area contributed by atoms with E-state index in [0.717, 1.165) is 12.8 Å². The normalized spacial score (nSPS) is 17.2. The van der Waals surface area contributed by atoms with Gasteiger partial charge in [0.2, 0.25) is 0 Å². The lowest BCUT2D eigenvalue weighted by atomic mass is 10.1. The van der Waals surface area contributed by atoms with Gasteiger partial charge in [-0.25, -0.2) is 9.18 Å². The lowest BCUT2D eigenvalue weighted by molar-refractivity contribution is 0.189. The first-order chi connectivity index (χ1) is 9.09. The molecular weight excluding hydrogens is 243 g/mol. The first-order valence-corrected chi connectivity index (χ1v) is 6.87. The highest BCUT2D eigenvalue weighted by Crippen LogP contribution is 2.23. The third-order valence-electron chi connectivity index (χ3n) is 3.94. The van der Waals surface area contributed by atoms with Crippen LogP contribution in [0.25, 0.3) is 0 Å². The first kappa shape index (κ1) is 13.8. The Morgan fingerprint density at radius 1 is 1.37 bits per heavy atom. The lowest BCUT2D eigenvalue weighted by Crippen LogP contribution is -2.43. The zero-order chi connectivity index (χ0) is 13.8. The van der Waals surface area contributed by atoms with Crippen molar-refractivity contribution in [1.82, 2.24) is 10.2 Å². The van der Waals surface area contributed by atoms with Crippen LogP contribution in [-0.4, -0.2) is 24.0 Å². The number of hydrogen-bond acceptors (Lipinski definition) is 1. The van der Waals surface area contributed by atoms with Crippen LogP contribution in [0, 0.1) is 5.82 Å². The Bertz CT molecular complexity index is 444. The fourth-order valence-electron chi connectivity index (χ4n) is 2.55. The number of halogens is 1. The largest absolute Gasteiger partial charge is 0.335 e. The summed E-state index contributed by atoms with van der Waals surface area (Å²) >= 11 is 0. The average Bonchev–Trinajstić information content (AvgIpc) is 2.90. The molecule has 4 heteroatoms. The second-order valence-electron chi connectivity index (χ2n) is 5.24. The van der Waals surface area contributed by atoms with Gasteiger partial charge in [-0.2, -0.15) is 0 Å². The summed E-state index contributed by atoms with van der Waals surface area (Å²) in [5, 5.41) is 3.01. The van der Waals surface area contributed by atoms with Gasteiger partial charge in [0.15, 0.2) is 0 Å². The number of carbonyl (C=O) groups is 1. The molecule has 1 aliphatic carbocycles. The molecule has 1 aromatic rings. The fourth-order valence-corrected chi connectivity index (χ4v) is 2.55. The van der Waals surface area contributed by atoms with Crippen molar-refractivity contribution in [1.29, 1.82) is 0 Å². The molecule has 2 amide bonds. The quantitative estimate of drug-likeness (QED) is 0.890. The lowest BCUT2D eigenvalue weighted by Gasteiger charge is -2.27. The van der Waals surface area contributed by atoms with Gasteiger partial charge in [0.1, 0.15) is 5.82 Å². The van der Waals surface area contributed by atoms with Gasteiger partial charge in [-0.15, -0.1) is 0 Å². The van der Waals surface area contributed by atoms with Gasteiger partial charge in [-0.1, -0.05) is 31.0 Å². The van der Waals surface area contributed by atoms with Gasteiger partial charge in [0.05, 0.1) is 6.04 Å². The summed E-state index contributed by atoms with van der Waals surface area (Å²) < 4.78 is 13.7. The van der Waals surface area contributed by atoms with Gasteiger partial charge >= 0.3 is 6.03 Å². The van der Waals surface area contributed by atoms with Crippen molar-refractivity contribution in [2.24, 2.45) is 0 Å². The summed E-state index contributed by atoms with van der Waals surface area (Å²) in [6, 6.07) is 6.48. The summed E-state index contributed by atoms with van der Waals surface area (Å²) in [5.41, 5.74) is 0.548. The van der Waals surface area contributed by atoms with Crippen LogP contribution >= 0.6 is 0 Å². The van der Waals surface area contributed by atoms with E-state index >= 15 is 0 Å². The second kappa shape index (κ2) is 6.04. The molecule has 0 aromatic heterocycles. The van der Waals surface area contributed by atoms with E-state index in [-0.39, 0.29) is 23.9 Å². The Morgan fingerprint density at radius 2 is 2.00 bits per heavy atom. The van der Waals surface area contributed by atoms with Crippen LogP contribution in [0.2, 0.25) is 0 Å². The zero-order valence-corrected chi connectivity index (χ0v) is 11.5. The molecule has 104 valence electrons. The van der Waals surface area contributed by atoms with E-state index in [1.165, 1.54) is 18.9 Å². The molecule has 1 atom stereocenters. The summed E-state index contributed by atoms with van der Waals surface area (Å²) in [6.45, 7) is 1.84. The van der Waals surface area contributed by atoms with Crippen molar-refractivity contribution in [2.45, 2.75) is 44.7 Å². The predicted molar refractivity (Wildman–Crippen MR) is 73.4 cm³/mol. The van der Waals surface area contributed by atoms with Gasteiger partial charge in [-0.3, -0.25) is 0 Å². The van der Waals surface area contributed by atoms with Crippen molar-refractivity contribution in [2.75, 3.05) is 7.05 Å². The van der Waals surface area contributed by atoms with E-state index in [0.29, 0.717) is 5.56 Å². The monoisotopic (exact) mass is 264 g/mol. The van der Waals surface area contributed by atoms with Crippen molar-refractivity contribution >= 4 is 6.03 Å². The van der Waals surface area contributed by atoms with E-state index in [9.17, 15) is 9.18 Å². The van der Waals surface area contributed by atoms with Crippen molar-refractivity contribution in [3.63, 3.8) is 0 Å². The molecule has 1 aromatic carbocycles. The molecule has 3 nitrogen and oxygen atoms in total. The Hall–Kier alpha value is -1.58. The highest BCUT2D eigenvalue weighted by atomic mass is 19.1. The van der Waals surface area contributed by atoms with Crippen molar-refractivity contribution in [3.05, 3.63) is 35.6 Å². The number of nitrogens with zero attached hydrogens (tertiary/aromatic N) is 1. The van der Waals surface area contributed by atoms with E-state index in [2.05, 4.69) is 5.32 Å². The fraction of sp³-hybridized carbons (Fsp3) is 0.533. The number of amides is 2. The van der Waals surface area contributed by atoms with Gasteiger partial charge in [0, 0.05) is 18.7 Å². The Morgan fingerprint density at radius 3 is 2.63 bits per heavy atom. The van der Waals surface area contributed by atoms with Crippen LogP contribution in [0.1, 0.15) is 44.2 Å². The van der Waals surface area contributed by atoms with Crippen LogP contribution < -0.4 is 5.32 Å². The molecule has 1 aliphatic rings. The van der Waals surface area contributed by atoms with E-state index in [1.807, 2.05) is 6.92 Å². The van der Waals surface area contributed by atoms with Crippen LogP contribution in [0.4, 0.5) is 9.18 Å². The molecule has 1 fully saturated rings. The second-order valence-corrected chi connectivity index (χ2v) is 5.24. The molecule has 0 saturated heterocycles. The standard InChI is InChI=1S/C15H21FN2O/c1-11(13-9-5-6-10-14(13)16)18(2)15(19)17-12-7-3-4-8-12/h5-6,9-12H,3-4,7-8H2,1-2H3,(H,17,19). The van der Waals surface area contributed by atoms with Crippen LogP contribution in [0.3, 0.4) is 0 Å². The number of carbonyl (C=O) groups excluding carboxylic acids is 1. The number of hydrogen-bond donors (Lipinski definition) is 1. The summed E-state index contributed by atoms with van der Waals surface area (Å²) in [5.74, 6) is -0.268. The molecule has 2 rings (SSSR count). The maximum Gasteiger partial charge on any atom is 0.317 e. The maximum atomic E-state index is 13.7. The van der Waals surface area contributed by atoms with E-state index < -0.39 is 0 Å². The Balaban J connectivity index is 2.00. The van der Waals surface area contributed by atoms with Gasteiger partial charge in [-0.05, 0) is 25.8 Å². The SMILES string of the molecule is CC(c1ccccc1F)N(C)C(=O)NC1CCCC1. The highest BCUT2D eigenvalue weighted by molar-refractivity contribution is 5.74. The molecule has 0 radical (unpaired) electrons. The topological polar surface area (TPSA) is 32.3 Å². The number of benzene rings is 1. The van der Waals surface area contributed by atoms with Crippen LogP contribution in [0.5, 0.6) is 0 Å². The van der Waals surface area contributed by atoms with E-state index in [1.54, 1.807) is 30.1 Å². The number of nitrogens with one attached hydrogen (secondary N) is 1. The van der Waals surface area contributed by atoms with Crippen LogP contribution in [0.15, 0.2) is 24.3 Å². The molecule has 0 heterocycles. The predicted octanol–water partition coefficient (Wildman–Crippen LogP) is 3.47. The summed E-state index contributed by atoms with van der Waals surface area (Å²) in [4.78, 5) is 13.7. The molecule has 1 saturated carbocycles. The van der Waals surface area contributed by atoms with Gasteiger partial charge in [0.25, 0.3) is 0 Å². The van der Waals surface area contributed by atoms with E-state index in [4.69, 9.17) is 0 Å². The van der Waals surface area contributed by atoms with Crippen molar-refractivity contribution < 1.29 is 9.18 Å². The average molecular weight is 264 g/mol. The van der Waals surface area contributed by atoms with Crippen LogP contribution in [-0.2, 0) is 0 Å². The number of rotatable bonds is 3. The third kappa shape index (κ3) is 3.25. The summed E-state index contributed by atoms with van der Waals surface area (Å²) in [6.07, 6.45) is 4.45. The molecule has 0 spiro atoms. The third-order valence-corrected chi connectivity index (χ3v) is 3.94. The Labute approximate surface area is 113 Å². The molecule has 1 N–H and O–H groups in total. The molecule has 0 bridgehead atoms. The highest BCUT2D eigenvalue weighted by Gasteiger charge is 2.23. The first-order valence-electron chi connectivity index (χ1n) is 6.87. The maximum absolute atomic E-state index is 13.7. The Kier molecular flexibility index (Phi) is 4.40. The smallest absolute Gasteiger partial charge is 0.317 e. The minimum atomic E-state index is -0.275.